The number of rotatable bonds is 3. The van der Waals surface area contributed by atoms with Gasteiger partial charge in [-0.25, -0.2) is 4.39 Å². The van der Waals surface area contributed by atoms with Gasteiger partial charge in [0, 0.05) is 10.5 Å². The molecule has 1 heterocycles. The van der Waals surface area contributed by atoms with Crippen LogP contribution in [0.2, 0.25) is 0 Å². The highest BCUT2D eigenvalue weighted by Gasteiger charge is 2.13. The van der Waals surface area contributed by atoms with Crippen LogP contribution < -0.4 is 5.73 Å². The minimum absolute atomic E-state index is 0.229. The number of hydrogen-bond donors (Lipinski definition) is 1. The minimum Gasteiger partial charge on any atom is -0.324 e. The largest absolute Gasteiger partial charge is 0.324 e. The maximum Gasteiger partial charge on any atom is 0.123 e. The van der Waals surface area contributed by atoms with Gasteiger partial charge in [-0.1, -0.05) is 15.9 Å². The van der Waals surface area contributed by atoms with Crippen molar-refractivity contribution in [3.8, 4) is 0 Å². The number of nitrogens with zero attached hydrogens (tertiary/aromatic N) is 2. The van der Waals surface area contributed by atoms with Crippen LogP contribution in [0.1, 0.15) is 28.6 Å². The molecule has 2 aromatic rings. The first kappa shape index (κ1) is 14.1. The average Bonchev–Trinajstić information content (AvgIpc) is 2.36. The molecule has 0 fully saturated rings. The van der Waals surface area contributed by atoms with Crippen LogP contribution in [-0.4, -0.2) is 10.2 Å². The molecule has 0 aliphatic heterocycles. The molecular weight excluding hydrogens is 309 g/mol. The summed E-state index contributed by atoms with van der Waals surface area (Å²) in [6.07, 6.45) is 0.546. The molecule has 1 atom stereocenters. The van der Waals surface area contributed by atoms with E-state index in [1.54, 1.807) is 6.07 Å². The smallest absolute Gasteiger partial charge is 0.123 e. The fourth-order valence-electron chi connectivity index (χ4n) is 1.99. The summed E-state index contributed by atoms with van der Waals surface area (Å²) in [5.74, 6) is -0.258. The number of aromatic nitrogens is 2. The number of hydrogen-bond acceptors (Lipinski definition) is 3. The summed E-state index contributed by atoms with van der Waals surface area (Å²) in [4.78, 5) is 0. The highest BCUT2D eigenvalue weighted by molar-refractivity contribution is 9.10. The van der Waals surface area contributed by atoms with Crippen LogP contribution >= 0.6 is 15.9 Å². The Morgan fingerprint density at radius 3 is 2.74 bits per heavy atom. The SMILES string of the molecule is Cc1cc(C(N)Cc2cc(F)ccc2Br)c(C)nn1. The Hall–Kier alpha value is -1.33. The van der Waals surface area contributed by atoms with Gasteiger partial charge in [-0.2, -0.15) is 10.2 Å². The van der Waals surface area contributed by atoms with Crippen LogP contribution in [0.4, 0.5) is 4.39 Å². The zero-order valence-electron chi connectivity index (χ0n) is 10.8. The average molecular weight is 324 g/mol. The molecule has 2 rings (SSSR count). The monoisotopic (exact) mass is 323 g/mol. The molecule has 0 amide bonds. The molecule has 1 aromatic carbocycles. The van der Waals surface area contributed by atoms with Gasteiger partial charge in [0.2, 0.25) is 0 Å². The lowest BCUT2D eigenvalue weighted by Gasteiger charge is -2.15. The predicted octanol–water partition coefficient (Wildman–Crippen LogP) is 3.24. The van der Waals surface area contributed by atoms with Gasteiger partial charge in [-0.3, -0.25) is 0 Å². The van der Waals surface area contributed by atoms with Gasteiger partial charge in [0.15, 0.2) is 0 Å². The van der Waals surface area contributed by atoms with Gasteiger partial charge in [0.25, 0.3) is 0 Å². The number of halogens is 2. The molecule has 0 spiro atoms. The fraction of sp³-hybridized carbons (Fsp3) is 0.286. The number of aryl methyl sites for hydroxylation is 2. The zero-order valence-corrected chi connectivity index (χ0v) is 12.4. The second-order valence-corrected chi connectivity index (χ2v) is 5.43. The van der Waals surface area contributed by atoms with E-state index >= 15 is 0 Å². The third-order valence-corrected chi connectivity index (χ3v) is 3.76. The Balaban J connectivity index is 2.27. The molecule has 19 heavy (non-hydrogen) atoms. The molecule has 3 nitrogen and oxygen atoms in total. The summed E-state index contributed by atoms with van der Waals surface area (Å²) in [7, 11) is 0. The molecule has 100 valence electrons. The molecule has 0 bridgehead atoms. The van der Waals surface area contributed by atoms with Crippen LogP contribution in [-0.2, 0) is 6.42 Å². The second kappa shape index (κ2) is 5.75. The van der Waals surface area contributed by atoms with Crippen molar-refractivity contribution in [2.75, 3.05) is 0 Å². The molecular formula is C14H15BrFN3. The summed E-state index contributed by atoms with van der Waals surface area (Å²) in [5.41, 5.74) is 9.64. The molecule has 5 heteroatoms. The lowest BCUT2D eigenvalue weighted by Crippen LogP contribution is -2.16. The first-order valence-corrected chi connectivity index (χ1v) is 6.77. The summed E-state index contributed by atoms with van der Waals surface area (Å²) in [5, 5.41) is 8.05. The summed E-state index contributed by atoms with van der Waals surface area (Å²) < 4.78 is 14.1. The first-order chi connectivity index (χ1) is 8.97. The lowest BCUT2D eigenvalue weighted by molar-refractivity contribution is 0.620. The van der Waals surface area contributed by atoms with Crippen LogP contribution in [0.3, 0.4) is 0 Å². The van der Waals surface area contributed by atoms with E-state index in [1.807, 2.05) is 19.9 Å². The Kier molecular flexibility index (Phi) is 4.27. The van der Waals surface area contributed by atoms with Crippen LogP contribution in [0.25, 0.3) is 0 Å². The normalized spacial score (nSPS) is 12.5. The highest BCUT2D eigenvalue weighted by atomic mass is 79.9. The van der Waals surface area contributed by atoms with Gasteiger partial charge in [-0.15, -0.1) is 0 Å². The van der Waals surface area contributed by atoms with E-state index in [4.69, 9.17) is 5.73 Å². The third kappa shape index (κ3) is 3.36. The van der Waals surface area contributed by atoms with E-state index in [0.717, 1.165) is 27.0 Å². The second-order valence-electron chi connectivity index (χ2n) is 4.57. The van der Waals surface area contributed by atoms with Crippen molar-refractivity contribution < 1.29 is 4.39 Å². The van der Waals surface area contributed by atoms with E-state index in [-0.39, 0.29) is 11.9 Å². The van der Waals surface area contributed by atoms with E-state index in [2.05, 4.69) is 26.1 Å². The molecule has 1 unspecified atom stereocenters. The maximum absolute atomic E-state index is 13.3. The Labute approximate surface area is 120 Å². The van der Waals surface area contributed by atoms with Crippen molar-refractivity contribution >= 4 is 15.9 Å². The Morgan fingerprint density at radius 1 is 1.26 bits per heavy atom. The van der Waals surface area contributed by atoms with Gasteiger partial charge in [0.1, 0.15) is 5.82 Å². The number of benzene rings is 1. The van der Waals surface area contributed by atoms with Crippen molar-refractivity contribution in [1.29, 1.82) is 0 Å². The standard InChI is InChI=1S/C14H15BrFN3/c1-8-5-12(9(2)19-18-8)14(17)7-10-6-11(16)3-4-13(10)15/h3-6,14H,7,17H2,1-2H3. The van der Waals surface area contributed by atoms with E-state index in [1.165, 1.54) is 12.1 Å². The van der Waals surface area contributed by atoms with Crippen molar-refractivity contribution in [3.05, 3.63) is 57.1 Å². The summed E-state index contributed by atoms with van der Waals surface area (Å²) >= 11 is 3.41. The van der Waals surface area contributed by atoms with Crippen molar-refractivity contribution in [1.82, 2.24) is 10.2 Å². The van der Waals surface area contributed by atoms with Crippen LogP contribution in [0, 0.1) is 19.7 Å². The molecule has 0 aliphatic rings. The highest BCUT2D eigenvalue weighted by Crippen LogP contribution is 2.24. The Morgan fingerprint density at radius 2 is 2.00 bits per heavy atom. The van der Waals surface area contributed by atoms with Gasteiger partial charge >= 0.3 is 0 Å². The quantitative estimate of drug-likeness (QED) is 0.943. The molecule has 1 aromatic heterocycles. The van der Waals surface area contributed by atoms with Gasteiger partial charge < -0.3 is 5.73 Å². The van der Waals surface area contributed by atoms with Gasteiger partial charge in [-0.05, 0) is 55.7 Å². The molecule has 0 aliphatic carbocycles. The van der Waals surface area contributed by atoms with E-state index in [0.29, 0.717) is 6.42 Å². The minimum atomic E-state index is -0.258. The zero-order chi connectivity index (χ0) is 14.0. The fourth-order valence-corrected chi connectivity index (χ4v) is 2.40. The van der Waals surface area contributed by atoms with Crippen LogP contribution in [0.15, 0.2) is 28.7 Å². The summed E-state index contributed by atoms with van der Waals surface area (Å²) in [6, 6.07) is 6.32. The molecule has 0 saturated carbocycles. The Bertz CT molecular complexity index is 601. The molecule has 2 N–H and O–H groups in total. The number of nitrogens with two attached hydrogens (primary N) is 1. The molecule has 0 radical (unpaired) electrons. The molecule has 0 saturated heterocycles. The van der Waals surface area contributed by atoms with Gasteiger partial charge in [0.05, 0.1) is 11.4 Å². The van der Waals surface area contributed by atoms with Crippen molar-refractivity contribution in [3.63, 3.8) is 0 Å². The van der Waals surface area contributed by atoms with E-state index in [9.17, 15) is 4.39 Å². The third-order valence-electron chi connectivity index (χ3n) is 2.99. The first-order valence-electron chi connectivity index (χ1n) is 5.97. The lowest BCUT2D eigenvalue weighted by atomic mass is 9.98. The van der Waals surface area contributed by atoms with Crippen molar-refractivity contribution in [2.45, 2.75) is 26.3 Å². The van der Waals surface area contributed by atoms with E-state index < -0.39 is 0 Å². The van der Waals surface area contributed by atoms with Crippen molar-refractivity contribution in [2.24, 2.45) is 5.73 Å². The van der Waals surface area contributed by atoms with Crippen LogP contribution in [0.5, 0.6) is 0 Å². The summed E-state index contributed by atoms with van der Waals surface area (Å²) in [6.45, 7) is 3.75. The predicted molar refractivity (Wildman–Crippen MR) is 76.2 cm³/mol. The maximum atomic E-state index is 13.3. The topological polar surface area (TPSA) is 51.8 Å².